The van der Waals surface area contributed by atoms with Gasteiger partial charge in [-0.25, -0.2) is 0 Å². The molecular formula is C15H22N2O. The zero-order valence-corrected chi connectivity index (χ0v) is 11.1. The molecular weight excluding hydrogens is 224 g/mol. The molecule has 0 aliphatic heterocycles. The molecule has 4 aliphatic carbocycles. The molecule has 98 valence electrons. The third kappa shape index (κ3) is 1.39. The van der Waals surface area contributed by atoms with Crippen molar-refractivity contribution in [1.29, 1.82) is 0 Å². The van der Waals surface area contributed by atoms with Crippen LogP contribution in [-0.4, -0.2) is 5.16 Å². The van der Waals surface area contributed by atoms with Gasteiger partial charge in [-0.3, -0.25) is 0 Å². The normalized spacial score (nSPS) is 41.5. The Hall–Kier alpha value is -0.990. The molecule has 18 heavy (non-hydrogen) atoms. The average Bonchev–Trinajstić information content (AvgIpc) is 2.70. The van der Waals surface area contributed by atoms with Crippen LogP contribution in [0, 0.1) is 23.7 Å². The van der Waals surface area contributed by atoms with Crippen LogP contribution >= 0.6 is 0 Å². The van der Waals surface area contributed by atoms with E-state index in [1.54, 1.807) is 0 Å². The lowest BCUT2D eigenvalue weighted by molar-refractivity contribution is -0.00290. The molecule has 3 nitrogen and oxygen atoms in total. The molecule has 4 aliphatic rings. The van der Waals surface area contributed by atoms with Crippen LogP contribution in [0.5, 0.6) is 0 Å². The van der Waals surface area contributed by atoms with Gasteiger partial charge >= 0.3 is 0 Å². The van der Waals surface area contributed by atoms with E-state index >= 15 is 0 Å². The van der Waals surface area contributed by atoms with Gasteiger partial charge in [0.1, 0.15) is 0 Å². The minimum Gasteiger partial charge on any atom is -0.367 e. The van der Waals surface area contributed by atoms with Gasteiger partial charge in [-0.05, 0) is 68.1 Å². The summed E-state index contributed by atoms with van der Waals surface area (Å²) < 4.78 is 5.27. The highest BCUT2D eigenvalue weighted by atomic mass is 16.5. The van der Waals surface area contributed by atoms with Crippen LogP contribution in [0.25, 0.3) is 0 Å². The molecule has 1 heterocycles. The Morgan fingerprint density at radius 2 is 1.72 bits per heavy atom. The van der Waals surface area contributed by atoms with Crippen LogP contribution in [0.1, 0.15) is 56.2 Å². The molecule has 5 rings (SSSR count). The number of nitrogens with zero attached hydrogens (tertiary/aromatic N) is 1. The standard InChI is InChI=1S/C15H22N2O/c1-2-12-14(15(16)18-17-12)13-10-4-8-3-9(6-10)7-11(13)5-8/h8-11,13H,2-7,16H2,1H3. The summed E-state index contributed by atoms with van der Waals surface area (Å²) >= 11 is 0. The van der Waals surface area contributed by atoms with Crippen LogP contribution < -0.4 is 5.73 Å². The summed E-state index contributed by atoms with van der Waals surface area (Å²) in [4.78, 5) is 0. The Morgan fingerprint density at radius 1 is 1.11 bits per heavy atom. The van der Waals surface area contributed by atoms with E-state index in [1.165, 1.54) is 37.7 Å². The second-order valence-electron chi connectivity index (χ2n) is 6.72. The van der Waals surface area contributed by atoms with Gasteiger partial charge in [-0.2, -0.15) is 0 Å². The number of hydrogen-bond acceptors (Lipinski definition) is 3. The summed E-state index contributed by atoms with van der Waals surface area (Å²) in [5.41, 5.74) is 8.47. The van der Waals surface area contributed by atoms with Crippen LogP contribution in [0.3, 0.4) is 0 Å². The predicted molar refractivity (Wildman–Crippen MR) is 70.1 cm³/mol. The number of hydrogen-bond donors (Lipinski definition) is 1. The van der Waals surface area contributed by atoms with Gasteiger partial charge in [-0.1, -0.05) is 12.1 Å². The van der Waals surface area contributed by atoms with Crippen molar-refractivity contribution in [2.45, 2.75) is 51.4 Å². The molecule has 4 fully saturated rings. The number of nitrogens with two attached hydrogens (primary N) is 1. The van der Waals surface area contributed by atoms with Gasteiger partial charge in [0.2, 0.25) is 5.88 Å². The molecule has 0 amide bonds. The maximum Gasteiger partial charge on any atom is 0.225 e. The Kier molecular flexibility index (Phi) is 2.27. The molecule has 0 aromatic carbocycles. The molecule has 2 N–H and O–H groups in total. The smallest absolute Gasteiger partial charge is 0.225 e. The molecule has 0 radical (unpaired) electrons. The van der Waals surface area contributed by atoms with E-state index in [4.69, 9.17) is 10.3 Å². The minimum atomic E-state index is 0.601. The highest BCUT2D eigenvalue weighted by molar-refractivity contribution is 5.43. The Balaban J connectivity index is 1.74. The molecule has 0 saturated heterocycles. The van der Waals surface area contributed by atoms with Crippen molar-refractivity contribution in [3.8, 4) is 0 Å². The number of aryl methyl sites for hydroxylation is 1. The van der Waals surface area contributed by atoms with E-state index in [-0.39, 0.29) is 0 Å². The Labute approximate surface area is 108 Å². The lowest BCUT2D eigenvalue weighted by Crippen LogP contribution is -2.44. The molecule has 4 saturated carbocycles. The van der Waals surface area contributed by atoms with E-state index in [0.717, 1.165) is 35.8 Å². The fourth-order valence-electron chi connectivity index (χ4n) is 5.35. The lowest BCUT2D eigenvalue weighted by Gasteiger charge is -2.54. The van der Waals surface area contributed by atoms with E-state index in [2.05, 4.69) is 12.1 Å². The molecule has 1 aromatic rings. The van der Waals surface area contributed by atoms with Crippen molar-refractivity contribution < 1.29 is 4.52 Å². The number of aromatic nitrogens is 1. The highest BCUT2D eigenvalue weighted by Gasteiger charge is 2.50. The van der Waals surface area contributed by atoms with E-state index in [0.29, 0.717) is 11.8 Å². The van der Waals surface area contributed by atoms with E-state index < -0.39 is 0 Å². The summed E-state index contributed by atoms with van der Waals surface area (Å²) in [6.45, 7) is 2.15. The highest BCUT2D eigenvalue weighted by Crippen LogP contribution is 2.60. The maximum atomic E-state index is 6.07. The van der Waals surface area contributed by atoms with E-state index in [9.17, 15) is 0 Å². The van der Waals surface area contributed by atoms with Crippen molar-refractivity contribution in [2.24, 2.45) is 23.7 Å². The van der Waals surface area contributed by atoms with Crippen LogP contribution in [-0.2, 0) is 6.42 Å². The number of rotatable bonds is 2. The summed E-state index contributed by atoms with van der Waals surface area (Å²) in [6.07, 6.45) is 8.13. The third-order valence-electron chi connectivity index (χ3n) is 5.73. The number of anilines is 1. The monoisotopic (exact) mass is 246 g/mol. The summed E-state index contributed by atoms with van der Waals surface area (Å²) in [6, 6.07) is 0. The Morgan fingerprint density at radius 3 is 2.28 bits per heavy atom. The molecule has 1 aromatic heterocycles. The maximum absolute atomic E-state index is 6.07. The van der Waals surface area contributed by atoms with Crippen LogP contribution in [0.15, 0.2) is 4.52 Å². The summed E-state index contributed by atoms with van der Waals surface area (Å²) in [7, 11) is 0. The van der Waals surface area contributed by atoms with Gasteiger partial charge in [0.25, 0.3) is 0 Å². The molecule has 0 atom stereocenters. The summed E-state index contributed by atoms with van der Waals surface area (Å²) in [5, 5.41) is 4.17. The first-order chi connectivity index (χ1) is 8.76. The zero-order chi connectivity index (χ0) is 12.3. The second kappa shape index (κ2) is 3.75. The van der Waals surface area contributed by atoms with Crippen molar-refractivity contribution in [2.75, 3.05) is 5.73 Å². The molecule has 0 unspecified atom stereocenters. The van der Waals surface area contributed by atoms with Gasteiger partial charge in [0.15, 0.2) is 0 Å². The molecule has 4 bridgehead atoms. The predicted octanol–water partition coefficient (Wildman–Crippen LogP) is 3.36. The van der Waals surface area contributed by atoms with Crippen molar-refractivity contribution in [3.63, 3.8) is 0 Å². The first-order valence-electron chi connectivity index (χ1n) is 7.50. The topological polar surface area (TPSA) is 52.0 Å². The SMILES string of the molecule is CCc1noc(N)c1C1C2CC3CC(C2)CC1C3. The van der Waals surface area contributed by atoms with Gasteiger partial charge in [0.05, 0.1) is 5.69 Å². The van der Waals surface area contributed by atoms with E-state index in [1.807, 2.05) is 0 Å². The van der Waals surface area contributed by atoms with Crippen LogP contribution in [0.2, 0.25) is 0 Å². The second-order valence-corrected chi connectivity index (χ2v) is 6.72. The fraction of sp³-hybridized carbons (Fsp3) is 0.800. The van der Waals surface area contributed by atoms with Crippen molar-refractivity contribution in [1.82, 2.24) is 5.16 Å². The lowest BCUT2D eigenvalue weighted by atomic mass is 9.50. The average molecular weight is 246 g/mol. The van der Waals surface area contributed by atoms with Gasteiger partial charge < -0.3 is 10.3 Å². The first kappa shape index (κ1) is 10.9. The van der Waals surface area contributed by atoms with Crippen LogP contribution in [0.4, 0.5) is 5.88 Å². The van der Waals surface area contributed by atoms with Crippen molar-refractivity contribution >= 4 is 5.88 Å². The molecule has 0 spiro atoms. The fourth-order valence-corrected chi connectivity index (χ4v) is 5.35. The molecule has 3 heteroatoms. The van der Waals surface area contributed by atoms with Gasteiger partial charge in [-0.15, -0.1) is 0 Å². The quantitative estimate of drug-likeness (QED) is 0.870. The number of nitrogen functional groups attached to an aromatic ring is 1. The third-order valence-corrected chi connectivity index (χ3v) is 5.73. The van der Waals surface area contributed by atoms with Crippen molar-refractivity contribution in [3.05, 3.63) is 11.3 Å². The summed E-state index contributed by atoms with van der Waals surface area (Å²) in [5.74, 6) is 4.98. The minimum absolute atomic E-state index is 0.601. The zero-order valence-electron chi connectivity index (χ0n) is 11.1. The Bertz CT molecular complexity index is 437. The largest absolute Gasteiger partial charge is 0.367 e. The van der Waals surface area contributed by atoms with Gasteiger partial charge in [0, 0.05) is 5.56 Å². The first-order valence-corrected chi connectivity index (χ1v) is 7.50.